The van der Waals surface area contributed by atoms with Crippen LogP contribution in [0.1, 0.15) is 50.5 Å². The van der Waals surface area contributed by atoms with Crippen LogP contribution in [0.25, 0.3) is 0 Å². The summed E-state index contributed by atoms with van der Waals surface area (Å²) in [6, 6.07) is 7.27. The molecule has 0 saturated carbocycles. The van der Waals surface area contributed by atoms with E-state index in [9.17, 15) is 14.4 Å². The second-order valence-corrected chi connectivity index (χ2v) is 7.90. The van der Waals surface area contributed by atoms with Crippen LogP contribution >= 0.6 is 0 Å². The van der Waals surface area contributed by atoms with Crippen molar-refractivity contribution in [2.75, 3.05) is 29.2 Å². The zero-order valence-electron chi connectivity index (χ0n) is 17.7. The number of para-hydroxylation sites is 2. The van der Waals surface area contributed by atoms with E-state index in [0.717, 1.165) is 32.2 Å². The lowest BCUT2D eigenvalue weighted by atomic mass is 9.92. The van der Waals surface area contributed by atoms with Crippen LogP contribution in [0.15, 0.2) is 29.1 Å². The maximum Gasteiger partial charge on any atom is 0.258 e. The molecule has 2 amide bonds. The molecule has 4 rings (SSSR count). The van der Waals surface area contributed by atoms with Gasteiger partial charge in [-0.1, -0.05) is 19.1 Å². The number of rotatable bonds is 5. The number of piperidine rings is 1. The Labute approximate surface area is 180 Å². The van der Waals surface area contributed by atoms with E-state index < -0.39 is 17.4 Å². The second-order valence-electron chi connectivity index (χ2n) is 7.90. The Morgan fingerprint density at radius 1 is 1.29 bits per heavy atom. The fourth-order valence-electron chi connectivity index (χ4n) is 4.39. The zero-order valence-corrected chi connectivity index (χ0v) is 17.7. The number of H-pyrrole nitrogens is 1. The lowest BCUT2D eigenvalue weighted by molar-refractivity contribution is -0.123. The Morgan fingerprint density at radius 3 is 2.87 bits per heavy atom. The number of carbonyl (C=O) groups excluding carboxylic acids is 2. The molecule has 2 unspecified atom stereocenters. The van der Waals surface area contributed by atoms with Crippen LogP contribution < -0.4 is 25.8 Å². The van der Waals surface area contributed by atoms with E-state index >= 15 is 0 Å². The van der Waals surface area contributed by atoms with Crippen molar-refractivity contribution in [3.63, 3.8) is 0 Å². The number of hydrogen-bond donors (Lipinski definition) is 3. The third kappa shape index (κ3) is 4.12. The van der Waals surface area contributed by atoms with Crippen molar-refractivity contribution in [1.82, 2.24) is 9.97 Å². The van der Waals surface area contributed by atoms with Crippen molar-refractivity contribution >= 4 is 29.3 Å². The van der Waals surface area contributed by atoms with Crippen molar-refractivity contribution in [1.29, 1.82) is 0 Å². The monoisotopic (exact) mass is 425 g/mol. The minimum absolute atomic E-state index is 0.126. The van der Waals surface area contributed by atoms with Crippen LogP contribution in [-0.4, -0.2) is 41.5 Å². The van der Waals surface area contributed by atoms with Gasteiger partial charge in [0.25, 0.3) is 5.56 Å². The van der Waals surface area contributed by atoms with Gasteiger partial charge in [0.05, 0.1) is 24.3 Å². The average Bonchev–Trinajstić information content (AvgIpc) is 2.78. The molecule has 2 aromatic rings. The van der Waals surface area contributed by atoms with E-state index in [1.54, 1.807) is 24.3 Å². The van der Waals surface area contributed by atoms with Gasteiger partial charge in [-0.15, -0.1) is 0 Å². The molecule has 2 aliphatic heterocycles. The van der Waals surface area contributed by atoms with E-state index in [0.29, 0.717) is 23.4 Å². The van der Waals surface area contributed by atoms with Gasteiger partial charge in [0, 0.05) is 19.0 Å². The number of fused-ring (bicyclic) bond motifs is 1. The minimum atomic E-state index is -0.942. The summed E-state index contributed by atoms with van der Waals surface area (Å²) >= 11 is 0. The predicted molar refractivity (Wildman–Crippen MR) is 118 cm³/mol. The first-order valence-electron chi connectivity index (χ1n) is 10.7. The molecule has 0 aliphatic carbocycles. The number of ether oxygens (including phenoxy) is 1. The molecular weight excluding hydrogens is 398 g/mol. The summed E-state index contributed by atoms with van der Waals surface area (Å²) in [5, 5.41) is 5.46. The van der Waals surface area contributed by atoms with E-state index in [-0.39, 0.29) is 23.7 Å². The highest BCUT2D eigenvalue weighted by atomic mass is 16.5. The molecule has 31 heavy (non-hydrogen) atoms. The molecule has 1 saturated heterocycles. The lowest BCUT2D eigenvalue weighted by Crippen LogP contribution is -2.43. The third-order valence-corrected chi connectivity index (χ3v) is 5.99. The molecular formula is C22H27N5O4. The third-order valence-electron chi connectivity index (χ3n) is 5.99. The summed E-state index contributed by atoms with van der Waals surface area (Å²) in [7, 11) is 1.51. The lowest BCUT2D eigenvalue weighted by Gasteiger charge is -2.36. The number of hydrogen-bond acceptors (Lipinski definition) is 6. The number of aromatic nitrogens is 2. The van der Waals surface area contributed by atoms with Crippen LogP contribution in [0.3, 0.4) is 0 Å². The molecule has 3 heterocycles. The molecule has 3 N–H and O–H groups in total. The van der Waals surface area contributed by atoms with Gasteiger partial charge in [0.1, 0.15) is 11.6 Å². The molecule has 1 fully saturated rings. The summed E-state index contributed by atoms with van der Waals surface area (Å²) in [6.45, 7) is 2.91. The number of nitrogens with zero attached hydrogens (tertiary/aromatic N) is 2. The summed E-state index contributed by atoms with van der Waals surface area (Å²) in [5.41, 5.74) is 0.254. The largest absolute Gasteiger partial charge is 0.495 e. The minimum Gasteiger partial charge on any atom is -0.495 e. The maximum atomic E-state index is 13.0. The number of aromatic amines is 1. The van der Waals surface area contributed by atoms with Crippen LogP contribution in [-0.2, 0) is 9.59 Å². The summed E-state index contributed by atoms with van der Waals surface area (Å²) in [4.78, 5) is 47.9. The molecule has 164 valence electrons. The Kier molecular flexibility index (Phi) is 5.92. The topological polar surface area (TPSA) is 116 Å². The van der Waals surface area contributed by atoms with E-state index in [2.05, 4.69) is 32.4 Å². The number of benzene rings is 1. The molecule has 1 aromatic heterocycles. The van der Waals surface area contributed by atoms with Gasteiger partial charge in [0.2, 0.25) is 17.8 Å². The van der Waals surface area contributed by atoms with Gasteiger partial charge < -0.3 is 20.3 Å². The molecule has 1 aromatic carbocycles. The van der Waals surface area contributed by atoms with E-state index in [4.69, 9.17) is 4.74 Å². The summed E-state index contributed by atoms with van der Waals surface area (Å²) in [6.07, 6.45) is 4.02. The Morgan fingerprint density at radius 2 is 2.10 bits per heavy atom. The van der Waals surface area contributed by atoms with Gasteiger partial charge in [-0.25, -0.2) is 0 Å². The highest BCUT2D eigenvalue weighted by molar-refractivity contribution is 6.04. The number of nitrogens with one attached hydrogen (secondary N) is 3. The van der Waals surface area contributed by atoms with Gasteiger partial charge >= 0.3 is 0 Å². The normalized spacial score (nSPS) is 20.6. The first-order chi connectivity index (χ1) is 15.0. The number of amides is 2. The SMILES string of the molecule is CCC1CCCCN1c1nc2c(c(=O)[nH]1)C(C(=O)Nc1ccccc1OC)CC(=O)N2. The van der Waals surface area contributed by atoms with Crippen LogP contribution in [0.4, 0.5) is 17.5 Å². The van der Waals surface area contributed by atoms with Crippen molar-refractivity contribution in [2.24, 2.45) is 0 Å². The van der Waals surface area contributed by atoms with Gasteiger partial charge in [-0.3, -0.25) is 19.4 Å². The summed E-state index contributed by atoms with van der Waals surface area (Å²) < 4.78 is 5.27. The fraction of sp³-hybridized carbons (Fsp3) is 0.455. The average molecular weight is 425 g/mol. The van der Waals surface area contributed by atoms with Crippen LogP contribution in [0.5, 0.6) is 5.75 Å². The molecule has 0 radical (unpaired) electrons. The number of methoxy groups -OCH3 is 1. The molecule has 9 nitrogen and oxygen atoms in total. The molecule has 0 spiro atoms. The van der Waals surface area contributed by atoms with Crippen molar-refractivity contribution in [3.8, 4) is 5.75 Å². The van der Waals surface area contributed by atoms with Crippen molar-refractivity contribution < 1.29 is 14.3 Å². The van der Waals surface area contributed by atoms with E-state index in [1.165, 1.54) is 7.11 Å². The molecule has 2 atom stereocenters. The zero-order chi connectivity index (χ0) is 22.0. The fourth-order valence-corrected chi connectivity index (χ4v) is 4.39. The van der Waals surface area contributed by atoms with Gasteiger partial charge in [0.15, 0.2) is 0 Å². The summed E-state index contributed by atoms with van der Waals surface area (Å²) in [5.74, 6) is -0.638. The smallest absolute Gasteiger partial charge is 0.258 e. The number of carbonyl (C=O) groups is 2. The maximum absolute atomic E-state index is 13.0. The molecule has 2 aliphatic rings. The highest BCUT2D eigenvalue weighted by Crippen LogP contribution is 2.33. The molecule has 9 heteroatoms. The Balaban J connectivity index is 1.67. The predicted octanol–water partition coefficient (Wildman–Crippen LogP) is 2.61. The standard InChI is InChI=1S/C22H27N5O4/c1-3-13-8-6-7-11-27(13)22-25-19-18(21(30)26-22)14(12-17(28)24-19)20(29)23-15-9-4-5-10-16(15)31-2/h4-5,9-10,13-14H,3,6-8,11-12H2,1-2H3,(H,23,29)(H2,24,25,26,28,30). The van der Waals surface area contributed by atoms with Crippen LogP contribution in [0.2, 0.25) is 0 Å². The van der Waals surface area contributed by atoms with Gasteiger partial charge in [-0.2, -0.15) is 4.98 Å². The number of anilines is 3. The highest BCUT2D eigenvalue weighted by Gasteiger charge is 2.36. The Bertz CT molecular complexity index is 1050. The van der Waals surface area contributed by atoms with Crippen molar-refractivity contribution in [2.45, 2.75) is 51.0 Å². The first kappa shape index (κ1) is 20.9. The quantitative estimate of drug-likeness (QED) is 0.678. The van der Waals surface area contributed by atoms with Crippen LogP contribution in [0, 0.1) is 0 Å². The second kappa shape index (κ2) is 8.79. The Hall–Kier alpha value is -3.36. The van der Waals surface area contributed by atoms with E-state index in [1.807, 2.05) is 0 Å². The van der Waals surface area contributed by atoms with Crippen molar-refractivity contribution in [3.05, 3.63) is 40.2 Å². The molecule has 0 bridgehead atoms. The first-order valence-corrected chi connectivity index (χ1v) is 10.7. The van der Waals surface area contributed by atoms with Gasteiger partial charge in [-0.05, 0) is 37.8 Å².